The summed E-state index contributed by atoms with van der Waals surface area (Å²) in [5, 5.41) is 3.98. The lowest BCUT2D eigenvalue weighted by Crippen LogP contribution is -3.18. The molecular weight excluding hydrogens is 346 g/mol. The maximum absolute atomic E-state index is 11.6. The Hall–Kier alpha value is -1.38. The van der Waals surface area contributed by atoms with Crippen molar-refractivity contribution in [2.45, 2.75) is 12.5 Å². The summed E-state index contributed by atoms with van der Waals surface area (Å²) < 4.78 is 28.4. The van der Waals surface area contributed by atoms with Gasteiger partial charge >= 0.3 is 0 Å². The average molecular weight is 371 g/mol. The Kier molecular flexibility index (Phi) is 5.27. The number of nitrogens with one attached hydrogen (secondary N) is 2. The molecule has 0 aromatic heterocycles. The summed E-state index contributed by atoms with van der Waals surface area (Å²) in [4.78, 5) is 3.56. The predicted molar refractivity (Wildman–Crippen MR) is 98.5 cm³/mol. The van der Waals surface area contributed by atoms with Gasteiger partial charge in [0, 0.05) is 12.1 Å². The van der Waals surface area contributed by atoms with Crippen LogP contribution in [-0.4, -0.2) is 69.3 Å². The van der Waals surface area contributed by atoms with Crippen molar-refractivity contribution < 1.29 is 18.1 Å². The molecule has 2 aliphatic heterocycles. The number of hydrogen-bond acceptors (Lipinski definition) is 4. The number of hydrogen-bond donors (Lipinski definition) is 2. The van der Waals surface area contributed by atoms with E-state index in [1.165, 1.54) is 4.90 Å². The van der Waals surface area contributed by atoms with E-state index in [9.17, 15) is 8.42 Å². The van der Waals surface area contributed by atoms with E-state index < -0.39 is 9.84 Å². The Balaban J connectivity index is 1.49. The molecular formula is C16H24N3O3S2+. The molecule has 3 rings (SSSR count). The molecule has 132 valence electrons. The van der Waals surface area contributed by atoms with Gasteiger partial charge in [-0.25, -0.2) is 8.42 Å². The van der Waals surface area contributed by atoms with Gasteiger partial charge in [-0.15, -0.1) is 0 Å². The van der Waals surface area contributed by atoms with Crippen molar-refractivity contribution in [1.29, 1.82) is 0 Å². The van der Waals surface area contributed by atoms with Crippen molar-refractivity contribution >= 4 is 32.9 Å². The van der Waals surface area contributed by atoms with E-state index in [-0.39, 0.29) is 6.04 Å². The molecule has 2 fully saturated rings. The minimum Gasteiger partial charge on any atom is -0.497 e. The van der Waals surface area contributed by atoms with Crippen LogP contribution in [-0.2, 0) is 9.84 Å². The number of anilines is 1. The molecule has 0 spiro atoms. The van der Waals surface area contributed by atoms with Gasteiger partial charge in [-0.1, -0.05) is 0 Å². The van der Waals surface area contributed by atoms with Gasteiger partial charge < -0.3 is 19.9 Å². The van der Waals surface area contributed by atoms with Gasteiger partial charge in [0.25, 0.3) is 0 Å². The molecule has 2 aliphatic rings. The second-order valence-corrected chi connectivity index (χ2v) is 9.02. The van der Waals surface area contributed by atoms with Gasteiger partial charge in [0.2, 0.25) is 0 Å². The highest BCUT2D eigenvalue weighted by atomic mass is 32.2. The average Bonchev–Trinajstić information content (AvgIpc) is 2.95. The fourth-order valence-electron chi connectivity index (χ4n) is 3.40. The summed E-state index contributed by atoms with van der Waals surface area (Å²) in [6.45, 7) is 3.58. The second-order valence-electron chi connectivity index (χ2n) is 6.40. The molecule has 8 heteroatoms. The van der Waals surface area contributed by atoms with E-state index in [0.717, 1.165) is 49.1 Å². The fraction of sp³-hybridized carbons (Fsp3) is 0.562. The minimum absolute atomic E-state index is 0.264. The largest absolute Gasteiger partial charge is 0.497 e. The van der Waals surface area contributed by atoms with Crippen LogP contribution in [0, 0.1) is 0 Å². The maximum atomic E-state index is 11.6. The molecule has 1 atom stereocenters. The lowest BCUT2D eigenvalue weighted by atomic mass is 10.2. The van der Waals surface area contributed by atoms with Crippen LogP contribution in [0.5, 0.6) is 5.75 Å². The van der Waals surface area contributed by atoms with Crippen molar-refractivity contribution in [2.75, 3.05) is 50.1 Å². The van der Waals surface area contributed by atoms with Gasteiger partial charge in [-0.2, -0.15) is 0 Å². The molecule has 6 nitrogen and oxygen atoms in total. The highest BCUT2D eigenvalue weighted by Crippen LogP contribution is 2.15. The zero-order valence-corrected chi connectivity index (χ0v) is 15.5. The normalized spacial score (nSPS) is 23.9. The van der Waals surface area contributed by atoms with Crippen molar-refractivity contribution in [2.24, 2.45) is 0 Å². The van der Waals surface area contributed by atoms with Crippen LogP contribution >= 0.6 is 12.2 Å². The molecule has 0 bridgehead atoms. The molecule has 2 heterocycles. The van der Waals surface area contributed by atoms with Crippen LogP contribution in [0.1, 0.15) is 6.42 Å². The molecule has 1 aromatic rings. The quantitative estimate of drug-likeness (QED) is 0.718. The SMILES string of the molecule is COc1ccc(NC(=S)N2CC[NH+]([C@@H]3CCS(=O)(=O)C3)CC2)cc1. The molecule has 1 aromatic carbocycles. The van der Waals surface area contributed by atoms with Gasteiger partial charge in [0.1, 0.15) is 17.5 Å². The summed E-state index contributed by atoms with van der Waals surface area (Å²) in [5.41, 5.74) is 0.942. The number of piperazine rings is 1. The molecule has 0 aliphatic carbocycles. The first-order valence-corrected chi connectivity index (χ1v) is 10.4. The van der Waals surface area contributed by atoms with Crippen LogP contribution in [0.15, 0.2) is 24.3 Å². The van der Waals surface area contributed by atoms with Crippen molar-refractivity contribution in [1.82, 2.24) is 4.90 Å². The van der Waals surface area contributed by atoms with Gasteiger partial charge in [0.05, 0.1) is 39.0 Å². The molecule has 0 saturated carbocycles. The van der Waals surface area contributed by atoms with E-state index in [0.29, 0.717) is 11.5 Å². The van der Waals surface area contributed by atoms with E-state index in [1.807, 2.05) is 24.3 Å². The number of rotatable bonds is 3. The van der Waals surface area contributed by atoms with Crippen molar-refractivity contribution in [3.63, 3.8) is 0 Å². The Morgan fingerprint density at radius 2 is 1.96 bits per heavy atom. The lowest BCUT2D eigenvalue weighted by molar-refractivity contribution is -0.925. The first-order chi connectivity index (χ1) is 11.5. The van der Waals surface area contributed by atoms with E-state index in [2.05, 4.69) is 10.2 Å². The Bertz CT molecular complexity index is 683. The fourth-order valence-corrected chi connectivity index (χ4v) is 5.53. The van der Waals surface area contributed by atoms with Crippen LogP contribution in [0.25, 0.3) is 0 Å². The topological polar surface area (TPSA) is 63.1 Å². The minimum atomic E-state index is -2.80. The molecule has 0 unspecified atom stereocenters. The number of ether oxygens (including phenoxy) is 1. The van der Waals surface area contributed by atoms with Gasteiger partial charge in [-0.3, -0.25) is 0 Å². The number of thiocarbonyl (C=S) groups is 1. The molecule has 2 N–H and O–H groups in total. The number of nitrogens with zero attached hydrogens (tertiary/aromatic N) is 1. The Morgan fingerprint density at radius 3 is 2.50 bits per heavy atom. The summed E-state index contributed by atoms with van der Waals surface area (Å²) >= 11 is 5.51. The first-order valence-electron chi connectivity index (χ1n) is 8.22. The molecule has 2 saturated heterocycles. The van der Waals surface area contributed by atoms with Crippen molar-refractivity contribution in [3.8, 4) is 5.75 Å². The van der Waals surface area contributed by atoms with Gasteiger partial charge in [-0.05, 0) is 36.5 Å². The third-order valence-electron chi connectivity index (χ3n) is 4.84. The number of methoxy groups -OCH3 is 1. The highest BCUT2D eigenvalue weighted by Gasteiger charge is 2.37. The van der Waals surface area contributed by atoms with Crippen LogP contribution in [0.2, 0.25) is 0 Å². The summed E-state index contributed by atoms with van der Waals surface area (Å²) in [7, 11) is -1.16. The monoisotopic (exact) mass is 370 g/mol. The van der Waals surface area contributed by atoms with Crippen LogP contribution in [0.4, 0.5) is 5.69 Å². The second kappa shape index (κ2) is 7.25. The zero-order valence-electron chi connectivity index (χ0n) is 13.8. The smallest absolute Gasteiger partial charge is 0.173 e. The van der Waals surface area contributed by atoms with E-state index in [4.69, 9.17) is 17.0 Å². The summed E-state index contributed by atoms with van der Waals surface area (Å²) in [5.74, 6) is 1.51. The molecule has 0 amide bonds. The van der Waals surface area contributed by atoms with Crippen molar-refractivity contribution in [3.05, 3.63) is 24.3 Å². The highest BCUT2D eigenvalue weighted by molar-refractivity contribution is 7.91. The Labute approximate surface area is 148 Å². The van der Waals surface area contributed by atoms with Crippen LogP contribution in [0.3, 0.4) is 0 Å². The number of benzene rings is 1. The van der Waals surface area contributed by atoms with E-state index in [1.54, 1.807) is 7.11 Å². The van der Waals surface area contributed by atoms with E-state index >= 15 is 0 Å². The predicted octanol–water partition coefficient (Wildman–Crippen LogP) is -0.220. The Morgan fingerprint density at radius 1 is 1.29 bits per heavy atom. The van der Waals surface area contributed by atoms with Gasteiger partial charge in [0.15, 0.2) is 14.9 Å². The lowest BCUT2D eigenvalue weighted by Gasteiger charge is -2.36. The molecule has 0 radical (unpaired) electrons. The van der Waals surface area contributed by atoms with Crippen LogP contribution < -0.4 is 15.0 Å². The summed E-state index contributed by atoms with van der Waals surface area (Å²) in [6, 6.07) is 7.94. The number of sulfone groups is 1. The number of quaternary nitrogens is 1. The zero-order chi connectivity index (χ0) is 17.2. The third kappa shape index (κ3) is 4.17. The maximum Gasteiger partial charge on any atom is 0.173 e. The third-order valence-corrected chi connectivity index (χ3v) is 6.97. The molecule has 24 heavy (non-hydrogen) atoms. The standard InChI is InChI=1S/C16H23N3O3S2/c1-22-15-4-2-13(3-5-15)17-16(23)19-9-7-18(8-10-19)14-6-11-24(20,21)12-14/h2-5,14H,6-12H2,1H3,(H,17,23)/p+1/t14-/m1/s1. The first kappa shape index (κ1) is 17.4. The summed E-state index contributed by atoms with van der Waals surface area (Å²) in [6.07, 6.45) is 0.798.